The van der Waals surface area contributed by atoms with Crippen LogP contribution in [0.3, 0.4) is 0 Å². The number of rotatable bonds is 1. The van der Waals surface area contributed by atoms with Crippen molar-refractivity contribution in [2.75, 3.05) is 5.73 Å². The Balaban J connectivity index is 2.55. The number of aryl methyl sites for hydroxylation is 1. The Bertz CT molecular complexity index is 467. The summed E-state index contributed by atoms with van der Waals surface area (Å²) in [6.45, 7) is 1.72. The van der Waals surface area contributed by atoms with E-state index in [0.29, 0.717) is 28.1 Å². The molecule has 1 aromatic carbocycles. The van der Waals surface area contributed by atoms with Crippen molar-refractivity contribution >= 4 is 17.3 Å². The van der Waals surface area contributed by atoms with Crippen LogP contribution in [0.2, 0.25) is 5.02 Å². The van der Waals surface area contributed by atoms with Gasteiger partial charge in [-0.1, -0.05) is 11.6 Å². The highest BCUT2D eigenvalue weighted by Crippen LogP contribution is 2.27. The summed E-state index contributed by atoms with van der Waals surface area (Å²) in [5.74, 6) is 0.891. The molecular formula is C9H8ClN3O. The molecule has 2 aromatic rings. The molecule has 0 atom stereocenters. The van der Waals surface area contributed by atoms with Crippen molar-refractivity contribution in [2.45, 2.75) is 6.92 Å². The lowest BCUT2D eigenvalue weighted by atomic mass is 10.2. The van der Waals surface area contributed by atoms with Gasteiger partial charge in [-0.05, 0) is 18.2 Å². The van der Waals surface area contributed by atoms with Gasteiger partial charge >= 0.3 is 0 Å². The smallest absolute Gasteiger partial charge is 0.249 e. The van der Waals surface area contributed by atoms with Crippen molar-refractivity contribution in [1.29, 1.82) is 0 Å². The molecule has 0 amide bonds. The first-order valence-electron chi connectivity index (χ1n) is 4.02. The van der Waals surface area contributed by atoms with E-state index in [1.54, 1.807) is 25.1 Å². The van der Waals surface area contributed by atoms with Gasteiger partial charge in [-0.25, -0.2) is 0 Å². The minimum atomic E-state index is 0.391. The molecule has 4 nitrogen and oxygen atoms in total. The Hall–Kier alpha value is -1.55. The Kier molecular flexibility index (Phi) is 2.13. The number of anilines is 1. The molecule has 0 spiro atoms. The van der Waals surface area contributed by atoms with Gasteiger partial charge in [0.1, 0.15) is 0 Å². The Morgan fingerprint density at radius 3 is 2.79 bits per heavy atom. The maximum Gasteiger partial charge on any atom is 0.249 e. The monoisotopic (exact) mass is 209 g/mol. The summed E-state index contributed by atoms with van der Waals surface area (Å²) in [4.78, 5) is 0. The molecule has 5 heteroatoms. The summed E-state index contributed by atoms with van der Waals surface area (Å²) < 4.78 is 5.24. The first-order valence-corrected chi connectivity index (χ1v) is 4.40. The van der Waals surface area contributed by atoms with Crippen molar-refractivity contribution in [1.82, 2.24) is 10.2 Å². The lowest BCUT2D eigenvalue weighted by Gasteiger charge is -2.00. The van der Waals surface area contributed by atoms with E-state index in [1.165, 1.54) is 0 Å². The third-order valence-electron chi connectivity index (χ3n) is 1.77. The predicted octanol–water partition coefficient (Wildman–Crippen LogP) is 2.28. The zero-order valence-corrected chi connectivity index (χ0v) is 8.25. The van der Waals surface area contributed by atoms with Crippen LogP contribution in [-0.4, -0.2) is 10.2 Å². The third kappa shape index (κ3) is 1.56. The van der Waals surface area contributed by atoms with Gasteiger partial charge in [-0.2, -0.15) is 0 Å². The Labute approximate surface area is 85.7 Å². The van der Waals surface area contributed by atoms with Gasteiger partial charge in [0, 0.05) is 17.6 Å². The van der Waals surface area contributed by atoms with Crippen LogP contribution in [0.1, 0.15) is 5.89 Å². The number of nitrogens with zero attached hydrogens (tertiary/aromatic N) is 2. The lowest BCUT2D eigenvalue weighted by molar-refractivity contribution is 0.533. The molecule has 0 radical (unpaired) electrons. The number of nitrogens with two attached hydrogens (primary N) is 1. The highest BCUT2D eigenvalue weighted by Gasteiger charge is 2.09. The normalized spacial score (nSPS) is 10.4. The van der Waals surface area contributed by atoms with Gasteiger partial charge in [0.05, 0.1) is 5.56 Å². The minimum Gasteiger partial charge on any atom is -0.421 e. The summed E-state index contributed by atoms with van der Waals surface area (Å²) in [5.41, 5.74) is 6.98. The van der Waals surface area contributed by atoms with Crippen LogP contribution in [0, 0.1) is 6.92 Å². The molecule has 0 saturated heterocycles. The quantitative estimate of drug-likeness (QED) is 0.732. The van der Waals surface area contributed by atoms with Crippen LogP contribution >= 0.6 is 11.6 Å². The van der Waals surface area contributed by atoms with Crippen LogP contribution < -0.4 is 5.73 Å². The summed E-state index contributed by atoms with van der Waals surface area (Å²) in [7, 11) is 0. The second-order valence-corrected chi connectivity index (χ2v) is 3.29. The van der Waals surface area contributed by atoms with Gasteiger partial charge < -0.3 is 10.2 Å². The number of halogens is 1. The third-order valence-corrected chi connectivity index (χ3v) is 2.01. The predicted molar refractivity (Wildman–Crippen MR) is 53.9 cm³/mol. The van der Waals surface area contributed by atoms with Gasteiger partial charge in [0.2, 0.25) is 11.8 Å². The summed E-state index contributed by atoms with van der Waals surface area (Å²) in [5, 5.41) is 8.17. The number of hydrogen-bond acceptors (Lipinski definition) is 4. The van der Waals surface area contributed by atoms with Crippen LogP contribution in [0.15, 0.2) is 22.6 Å². The Morgan fingerprint density at radius 2 is 2.14 bits per heavy atom. The molecule has 1 aromatic heterocycles. The SMILES string of the molecule is Cc1nnc(-c2cc(Cl)ccc2N)o1. The highest BCUT2D eigenvalue weighted by molar-refractivity contribution is 6.31. The molecule has 0 fully saturated rings. The van der Waals surface area contributed by atoms with Gasteiger partial charge in [-0.15, -0.1) is 10.2 Å². The molecule has 0 aliphatic carbocycles. The van der Waals surface area contributed by atoms with Crippen molar-refractivity contribution in [2.24, 2.45) is 0 Å². The second kappa shape index (κ2) is 3.31. The van der Waals surface area contributed by atoms with E-state index in [9.17, 15) is 0 Å². The molecule has 2 N–H and O–H groups in total. The van der Waals surface area contributed by atoms with E-state index in [2.05, 4.69) is 10.2 Å². The molecule has 0 bridgehead atoms. The van der Waals surface area contributed by atoms with Crippen LogP contribution in [0.25, 0.3) is 11.5 Å². The summed E-state index contributed by atoms with van der Waals surface area (Å²) in [6.07, 6.45) is 0. The van der Waals surface area contributed by atoms with E-state index in [-0.39, 0.29) is 0 Å². The number of aromatic nitrogens is 2. The van der Waals surface area contributed by atoms with E-state index in [0.717, 1.165) is 0 Å². The van der Waals surface area contributed by atoms with Crippen LogP contribution in [0.4, 0.5) is 5.69 Å². The molecule has 1 heterocycles. The van der Waals surface area contributed by atoms with Crippen molar-refractivity contribution in [3.8, 4) is 11.5 Å². The van der Waals surface area contributed by atoms with E-state index in [4.69, 9.17) is 21.8 Å². The van der Waals surface area contributed by atoms with Gasteiger partial charge in [0.25, 0.3) is 0 Å². The van der Waals surface area contributed by atoms with E-state index >= 15 is 0 Å². The zero-order valence-electron chi connectivity index (χ0n) is 7.49. The fourth-order valence-electron chi connectivity index (χ4n) is 1.12. The highest BCUT2D eigenvalue weighted by atomic mass is 35.5. The summed E-state index contributed by atoms with van der Waals surface area (Å²) in [6, 6.07) is 5.12. The van der Waals surface area contributed by atoms with Crippen LogP contribution in [0.5, 0.6) is 0 Å². The zero-order chi connectivity index (χ0) is 10.1. The van der Waals surface area contributed by atoms with Crippen molar-refractivity contribution in [3.05, 3.63) is 29.1 Å². The van der Waals surface area contributed by atoms with Gasteiger partial charge in [-0.3, -0.25) is 0 Å². The van der Waals surface area contributed by atoms with Crippen LogP contribution in [-0.2, 0) is 0 Å². The standard InChI is InChI=1S/C9H8ClN3O/c1-5-12-13-9(14-5)7-4-6(10)2-3-8(7)11/h2-4H,11H2,1H3. The fraction of sp³-hybridized carbons (Fsp3) is 0.111. The molecule has 0 saturated carbocycles. The molecule has 0 aliphatic rings. The molecule has 0 unspecified atom stereocenters. The molecular weight excluding hydrogens is 202 g/mol. The molecule has 14 heavy (non-hydrogen) atoms. The number of hydrogen-bond donors (Lipinski definition) is 1. The van der Waals surface area contributed by atoms with E-state index in [1.807, 2.05) is 0 Å². The summed E-state index contributed by atoms with van der Waals surface area (Å²) >= 11 is 5.83. The molecule has 2 rings (SSSR count). The first-order chi connectivity index (χ1) is 6.66. The van der Waals surface area contributed by atoms with Gasteiger partial charge in [0.15, 0.2) is 0 Å². The Morgan fingerprint density at radius 1 is 1.36 bits per heavy atom. The average Bonchev–Trinajstić information content (AvgIpc) is 2.56. The van der Waals surface area contributed by atoms with E-state index < -0.39 is 0 Å². The molecule has 0 aliphatic heterocycles. The second-order valence-electron chi connectivity index (χ2n) is 2.86. The maximum atomic E-state index is 5.83. The van der Waals surface area contributed by atoms with Crippen molar-refractivity contribution in [3.63, 3.8) is 0 Å². The average molecular weight is 210 g/mol. The van der Waals surface area contributed by atoms with Crippen molar-refractivity contribution < 1.29 is 4.42 Å². The number of benzene rings is 1. The largest absolute Gasteiger partial charge is 0.421 e. The minimum absolute atomic E-state index is 0.391. The fourth-order valence-corrected chi connectivity index (χ4v) is 1.29. The number of nitrogen functional groups attached to an aromatic ring is 1. The molecule has 72 valence electrons. The lowest BCUT2D eigenvalue weighted by Crippen LogP contribution is -1.89. The topological polar surface area (TPSA) is 64.9 Å². The maximum absolute atomic E-state index is 5.83. The first kappa shape index (κ1) is 9.02.